The molecule has 0 atom stereocenters. The fraction of sp³-hybridized carbons (Fsp3) is 0.938. The molecule has 0 radical (unpaired) electrons. The Kier molecular flexibility index (Phi) is 4.32. The van der Waals surface area contributed by atoms with Crippen LogP contribution in [-0.4, -0.2) is 30.9 Å². The smallest absolute Gasteiger partial charge is 0.223 e. The second-order valence-electron chi connectivity index (χ2n) is 6.85. The van der Waals surface area contributed by atoms with Crippen molar-refractivity contribution in [3.63, 3.8) is 0 Å². The lowest BCUT2D eigenvalue weighted by Crippen LogP contribution is -2.46. The molecule has 0 unspecified atom stereocenters. The van der Waals surface area contributed by atoms with Gasteiger partial charge in [-0.15, -0.1) is 0 Å². The van der Waals surface area contributed by atoms with E-state index in [4.69, 9.17) is 9.47 Å². The Balaban J connectivity index is 1.43. The van der Waals surface area contributed by atoms with Crippen molar-refractivity contribution in [1.29, 1.82) is 0 Å². The van der Waals surface area contributed by atoms with Gasteiger partial charge in [0, 0.05) is 24.8 Å². The van der Waals surface area contributed by atoms with Crippen molar-refractivity contribution in [3.05, 3.63) is 0 Å². The molecule has 0 aromatic carbocycles. The van der Waals surface area contributed by atoms with Gasteiger partial charge in [-0.05, 0) is 44.4 Å². The molecule has 4 heteroatoms. The van der Waals surface area contributed by atoms with Crippen molar-refractivity contribution >= 4 is 5.91 Å². The first-order valence-corrected chi connectivity index (χ1v) is 8.25. The van der Waals surface area contributed by atoms with Crippen LogP contribution in [0.25, 0.3) is 0 Å². The number of carbonyl (C=O) groups excluding carboxylic acids is 1. The molecule has 2 saturated carbocycles. The molecule has 0 aromatic rings. The molecule has 1 aliphatic heterocycles. The highest BCUT2D eigenvalue weighted by Crippen LogP contribution is 2.36. The number of rotatable bonds is 2. The van der Waals surface area contributed by atoms with Gasteiger partial charge in [0.05, 0.1) is 13.2 Å². The molecule has 3 fully saturated rings. The topological polar surface area (TPSA) is 47.6 Å². The highest BCUT2D eigenvalue weighted by atomic mass is 16.7. The minimum atomic E-state index is -0.318. The molecular formula is C16H27NO3. The van der Waals surface area contributed by atoms with Gasteiger partial charge in [-0.1, -0.05) is 6.92 Å². The minimum absolute atomic E-state index is 0.251. The summed E-state index contributed by atoms with van der Waals surface area (Å²) in [5, 5.41) is 3.26. The Labute approximate surface area is 121 Å². The average Bonchev–Trinajstić information content (AvgIpc) is 2.91. The van der Waals surface area contributed by atoms with Gasteiger partial charge < -0.3 is 14.8 Å². The van der Waals surface area contributed by atoms with Crippen molar-refractivity contribution in [3.8, 4) is 0 Å². The maximum Gasteiger partial charge on any atom is 0.223 e. The first-order valence-electron chi connectivity index (χ1n) is 8.25. The van der Waals surface area contributed by atoms with Gasteiger partial charge in [-0.2, -0.15) is 0 Å². The van der Waals surface area contributed by atoms with Gasteiger partial charge in [-0.3, -0.25) is 4.79 Å². The second-order valence-corrected chi connectivity index (χ2v) is 6.85. The van der Waals surface area contributed by atoms with E-state index in [1.807, 2.05) is 0 Å². The van der Waals surface area contributed by atoms with Crippen LogP contribution >= 0.6 is 0 Å². The van der Waals surface area contributed by atoms with Crippen LogP contribution in [0.3, 0.4) is 0 Å². The summed E-state index contributed by atoms with van der Waals surface area (Å²) in [6.45, 7) is 3.73. The number of nitrogens with one attached hydrogen (secondary N) is 1. The van der Waals surface area contributed by atoms with Gasteiger partial charge in [-0.25, -0.2) is 0 Å². The fourth-order valence-corrected chi connectivity index (χ4v) is 3.83. The van der Waals surface area contributed by atoms with E-state index in [2.05, 4.69) is 12.2 Å². The van der Waals surface area contributed by atoms with E-state index < -0.39 is 0 Å². The molecule has 0 aromatic heterocycles. The van der Waals surface area contributed by atoms with Gasteiger partial charge in [0.2, 0.25) is 5.91 Å². The van der Waals surface area contributed by atoms with Crippen molar-refractivity contribution in [2.45, 2.75) is 70.1 Å². The van der Waals surface area contributed by atoms with Crippen LogP contribution < -0.4 is 5.32 Å². The predicted molar refractivity (Wildman–Crippen MR) is 76.2 cm³/mol. The van der Waals surface area contributed by atoms with Crippen LogP contribution in [-0.2, 0) is 14.3 Å². The fourth-order valence-electron chi connectivity index (χ4n) is 3.83. The van der Waals surface area contributed by atoms with Crippen LogP contribution in [0.1, 0.15) is 58.3 Å². The van der Waals surface area contributed by atoms with Crippen LogP contribution in [0.2, 0.25) is 0 Å². The molecule has 20 heavy (non-hydrogen) atoms. The Morgan fingerprint density at radius 3 is 2.20 bits per heavy atom. The number of ether oxygens (including phenoxy) is 2. The molecule has 1 spiro atoms. The zero-order chi connectivity index (χ0) is 14.0. The van der Waals surface area contributed by atoms with Gasteiger partial charge in [0.1, 0.15) is 0 Å². The highest BCUT2D eigenvalue weighted by Gasteiger charge is 2.40. The summed E-state index contributed by atoms with van der Waals surface area (Å²) in [5.41, 5.74) is 0. The Hall–Kier alpha value is -0.610. The van der Waals surface area contributed by atoms with E-state index in [0.717, 1.165) is 57.7 Å². The largest absolute Gasteiger partial charge is 0.353 e. The standard InChI is InChI=1S/C16H27NO3/c1-12-2-4-13(5-3-12)15(18)17-14-6-8-16(9-7-14)19-10-11-20-16/h12-14H,2-11H2,1H3,(H,17,18). The van der Waals surface area contributed by atoms with Crippen molar-refractivity contribution < 1.29 is 14.3 Å². The van der Waals surface area contributed by atoms with Gasteiger partial charge in [0.25, 0.3) is 0 Å². The Morgan fingerprint density at radius 1 is 1.00 bits per heavy atom. The first-order chi connectivity index (χ1) is 9.67. The second kappa shape index (κ2) is 6.02. The summed E-state index contributed by atoms with van der Waals surface area (Å²) in [5.74, 6) is 1.01. The summed E-state index contributed by atoms with van der Waals surface area (Å²) in [6.07, 6.45) is 8.33. The van der Waals surface area contributed by atoms with Crippen molar-refractivity contribution in [2.75, 3.05) is 13.2 Å². The molecular weight excluding hydrogens is 254 g/mol. The molecule has 0 bridgehead atoms. The van der Waals surface area contributed by atoms with Gasteiger partial charge >= 0.3 is 0 Å². The van der Waals surface area contributed by atoms with Gasteiger partial charge in [0.15, 0.2) is 5.79 Å². The lowest BCUT2D eigenvalue weighted by atomic mass is 9.82. The first kappa shape index (κ1) is 14.3. The van der Waals surface area contributed by atoms with Crippen LogP contribution in [0.15, 0.2) is 0 Å². The van der Waals surface area contributed by atoms with E-state index in [9.17, 15) is 4.79 Å². The quantitative estimate of drug-likeness (QED) is 0.846. The third kappa shape index (κ3) is 3.17. The van der Waals surface area contributed by atoms with E-state index >= 15 is 0 Å². The van der Waals surface area contributed by atoms with E-state index in [1.165, 1.54) is 12.8 Å². The lowest BCUT2D eigenvalue weighted by molar-refractivity contribution is -0.180. The monoisotopic (exact) mass is 281 g/mol. The summed E-state index contributed by atoms with van der Waals surface area (Å²) >= 11 is 0. The average molecular weight is 281 g/mol. The van der Waals surface area contributed by atoms with Crippen LogP contribution in [0.4, 0.5) is 0 Å². The summed E-state index contributed by atoms with van der Waals surface area (Å²) < 4.78 is 11.5. The number of amides is 1. The van der Waals surface area contributed by atoms with E-state index in [0.29, 0.717) is 6.04 Å². The predicted octanol–water partition coefficient (Wildman–Crippen LogP) is 2.61. The zero-order valence-electron chi connectivity index (χ0n) is 12.5. The normalized spacial score (nSPS) is 34.2. The number of hydrogen-bond acceptors (Lipinski definition) is 3. The summed E-state index contributed by atoms with van der Waals surface area (Å²) in [4.78, 5) is 12.3. The molecule has 1 heterocycles. The molecule has 2 aliphatic carbocycles. The Morgan fingerprint density at radius 2 is 1.60 bits per heavy atom. The highest BCUT2D eigenvalue weighted by molar-refractivity contribution is 5.79. The lowest BCUT2D eigenvalue weighted by Gasteiger charge is -2.36. The molecule has 114 valence electrons. The maximum atomic E-state index is 12.3. The third-order valence-electron chi connectivity index (χ3n) is 5.29. The van der Waals surface area contributed by atoms with Crippen molar-refractivity contribution in [1.82, 2.24) is 5.32 Å². The van der Waals surface area contributed by atoms with E-state index in [1.54, 1.807) is 0 Å². The molecule has 4 nitrogen and oxygen atoms in total. The molecule has 3 rings (SSSR count). The molecule has 1 saturated heterocycles. The molecule has 1 amide bonds. The van der Waals surface area contributed by atoms with Crippen molar-refractivity contribution in [2.24, 2.45) is 11.8 Å². The summed E-state index contributed by atoms with van der Waals surface area (Å²) in [7, 11) is 0. The zero-order valence-corrected chi connectivity index (χ0v) is 12.5. The Bertz CT molecular complexity index is 334. The third-order valence-corrected chi connectivity index (χ3v) is 5.29. The molecule has 1 N–H and O–H groups in total. The number of hydrogen-bond donors (Lipinski definition) is 1. The van der Waals surface area contributed by atoms with Crippen LogP contribution in [0, 0.1) is 11.8 Å². The molecule has 3 aliphatic rings. The van der Waals surface area contributed by atoms with Crippen LogP contribution in [0.5, 0.6) is 0 Å². The minimum Gasteiger partial charge on any atom is -0.353 e. The number of carbonyl (C=O) groups is 1. The maximum absolute atomic E-state index is 12.3. The van der Waals surface area contributed by atoms with E-state index in [-0.39, 0.29) is 17.6 Å². The SMILES string of the molecule is CC1CCC(C(=O)NC2CCC3(CC2)OCCO3)CC1. The summed E-state index contributed by atoms with van der Waals surface area (Å²) in [6, 6.07) is 0.320.